The SMILES string of the molecule is CC(=O)CNC(=O)C(NC(=O)C(C)(C)CC(C)(C)N1C(=O)C=CC1=O)C(C)C. The molecule has 0 aliphatic carbocycles. The van der Waals surface area contributed by atoms with E-state index in [4.69, 9.17) is 0 Å². The van der Waals surface area contributed by atoms with Gasteiger partial charge in [-0.05, 0) is 33.1 Å². The zero-order chi connectivity index (χ0) is 21.9. The Bertz CT molecular complexity index is 689. The first-order valence-corrected chi connectivity index (χ1v) is 9.33. The number of amides is 4. The summed E-state index contributed by atoms with van der Waals surface area (Å²) in [5.74, 6) is -1.99. The number of ketones is 1. The first kappa shape index (κ1) is 23.5. The Kier molecular flexibility index (Phi) is 7.28. The number of carbonyl (C=O) groups excluding carboxylic acids is 5. The molecule has 0 bridgehead atoms. The molecule has 0 saturated carbocycles. The van der Waals surface area contributed by atoms with Gasteiger partial charge in [0.15, 0.2) is 0 Å². The summed E-state index contributed by atoms with van der Waals surface area (Å²) < 4.78 is 0. The molecule has 1 unspecified atom stereocenters. The van der Waals surface area contributed by atoms with E-state index >= 15 is 0 Å². The molecule has 156 valence electrons. The summed E-state index contributed by atoms with van der Waals surface area (Å²) in [6.07, 6.45) is 2.64. The minimum Gasteiger partial charge on any atom is -0.347 e. The van der Waals surface area contributed by atoms with Crippen LogP contribution in [0.5, 0.6) is 0 Å². The third-order valence-electron chi connectivity index (χ3n) is 4.65. The maximum atomic E-state index is 12.9. The Labute approximate surface area is 166 Å². The van der Waals surface area contributed by atoms with Gasteiger partial charge in [0.25, 0.3) is 11.8 Å². The minimum absolute atomic E-state index is 0.0967. The summed E-state index contributed by atoms with van der Waals surface area (Å²) in [7, 11) is 0. The van der Waals surface area contributed by atoms with Crippen LogP contribution < -0.4 is 10.6 Å². The van der Waals surface area contributed by atoms with E-state index in [1.54, 1.807) is 41.5 Å². The summed E-state index contributed by atoms with van der Waals surface area (Å²) in [5, 5.41) is 5.27. The predicted octanol–water partition coefficient (Wildman–Crippen LogP) is 0.952. The van der Waals surface area contributed by atoms with Gasteiger partial charge < -0.3 is 10.6 Å². The average Bonchev–Trinajstić information content (AvgIpc) is 2.88. The van der Waals surface area contributed by atoms with Crippen molar-refractivity contribution in [1.29, 1.82) is 0 Å². The van der Waals surface area contributed by atoms with Crippen molar-refractivity contribution in [3.63, 3.8) is 0 Å². The van der Waals surface area contributed by atoms with Crippen LogP contribution in [0, 0.1) is 11.3 Å². The summed E-state index contributed by atoms with van der Waals surface area (Å²) in [5.41, 5.74) is -1.84. The fourth-order valence-corrected chi connectivity index (χ4v) is 3.43. The molecular weight excluding hydrogens is 362 g/mol. The second-order valence-electron chi connectivity index (χ2n) is 8.83. The number of hydrogen-bond acceptors (Lipinski definition) is 5. The van der Waals surface area contributed by atoms with Crippen molar-refractivity contribution in [2.24, 2.45) is 11.3 Å². The number of rotatable bonds is 9. The number of nitrogens with one attached hydrogen (secondary N) is 2. The molecule has 8 nitrogen and oxygen atoms in total. The molecule has 0 aromatic heterocycles. The van der Waals surface area contributed by atoms with Crippen molar-refractivity contribution in [2.75, 3.05) is 6.54 Å². The van der Waals surface area contributed by atoms with Gasteiger partial charge in [-0.2, -0.15) is 0 Å². The first-order valence-electron chi connectivity index (χ1n) is 9.33. The van der Waals surface area contributed by atoms with E-state index in [1.165, 1.54) is 19.1 Å². The van der Waals surface area contributed by atoms with Gasteiger partial charge in [0, 0.05) is 23.1 Å². The van der Waals surface area contributed by atoms with Crippen LogP contribution in [0.2, 0.25) is 0 Å². The lowest BCUT2D eigenvalue weighted by Gasteiger charge is -2.40. The number of nitrogens with zero attached hydrogens (tertiary/aromatic N) is 1. The number of imide groups is 1. The van der Waals surface area contributed by atoms with E-state index in [9.17, 15) is 24.0 Å². The fourth-order valence-electron chi connectivity index (χ4n) is 3.43. The van der Waals surface area contributed by atoms with Crippen molar-refractivity contribution < 1.29 is 24.0 Å². The van der Waals surface area contributed by atoms with E-state index in [0.29, 0.717) is 0 Å². The lowest BCUT2D eigenvalue weighted by atomic mass is 9.78. The quantitative estimate of drug-likeness (QED) is 0.567. The molecule has 8 heteroatoms. The van der Waals surface area contributed by atoms with Gasteiger partial charge in [-0.25, -0.2) is 0 Å². The Morgan fingerprint density at radius 3 is 1.96 bits per heavy atom. The largest absolute Gasteiger partial charge is 0.347 e. The molecular formula is C20H31N3O5. The smallest absolute Gasteiger partial charge is 0.254 e. The van der Waals surface area contributed by atoms with Gasteiger partial charge in [0.05, 0.1) is 6.54 Å². The van der Waals surface area contributed by atoms with E-state index < -0.39 is 34.7 Å². The fraction of sp³-hybridized carbons (Fsp3) is 0.650. The predicted molar refractivity (Wildman–Crippen MR) is 104 cm³/mol. The highest BCUT2D eigenvalue weighted by molar-refractivity contribution is 6.13. The Hall–Kier alpha value is -2.51. The molecule has 0 saturated heterocycles. The van der Waals surface area contributed by atoms with Crippen LogP contribution in [0.25, 0.3) is 0 Å². The maximum absolute atomic E-state index is 12.9. The van der Waals surface area contributed by atoms with Crippen molar-refractivity contribution in [3.8, 4) is 0 Å². The lowest BCUT2D eigenvalue weighted by molar-refractivity contribution is -0.146. The second kappa shape index (κ2) is 8.67. The number of Topliss-reactive ketones (excluding diaryl/α,β-unsaturated/α-hetero) is 1. The molecule has 4 amide bonds. The highest BCUT2D eigenvalue weighted by atomic mass is 16.2. The molecule has 0 aromatic rings. The first-order chi connectivity index (χ1) is 12.7. The van der Waals surface area contributed by atoms with Gasteiger partial charge in [-0.15, -0.1) is 0 Å². The van der Waals surface area contributed by atoms with Crippen molar-refractivity contribution >= 4 is 29.4 Å². The van der Waals surface area contributed by atoms with Gasteiger partial charge in [0.2, 0.25) is 11.8 Å². The third kappa shape index (κ3) is 5.74. The van der Waals surface area contributed by atoms with Crippen molar-refractivity contribution in [2.45, 2.75) is 66.5 Å². The second-order valence-corrected chi connectivity index (χ2v) is 8.83. The van der Waals surface area contributed by atoms with Gasteiger partial charge in [-0.1, -0.05) is 27.7 Å². The highest BCUT2D eigenvalue weighted by Gasteiger charge is 2.43. The molecule has 1 aliphatic heterocycles. The monoisotopic (exact) mass is 393 g/mol. The van der Waals surface area contributed by atoms with E-state index in [-0.39, 0.29) is 30.6 Å². The summed E-state index contributed by atoms with van der Waals surface area (Å²) in [6.45, 7) is 11.7. The number of hydrogen-bond donors (Lipinski definition) is 2. The van der Waals surface area contributed by atoms with Gasteiger partial charge in [0.1, 0.15) is 11.8 Å². The van der Waals surface area contributed by atoms with Crippen LogP contribution >= 0.6 is 0 Å². The molecule has 0 fully saturated rings. The zero-order valence-electron chi connectivity index (χ0n) is 17.7. The highest BCUT2D eigenvalue weighted by Crippen LogP contribution is 2.34. The van der Waals surface area contributed by atoms with Crippen LogP contribution in [-0.4, -0.2) is 52.4 Å². The lowest BCUT2D eigenvalue weighted by Crippen LogP contribution is -2.56. The molecule has 0 radical (unpaired) electrons. The van der Waals surface area contributed by atoms with E-state index in [0.717, 1.165) is 4.90 Å². The Balaban J connectivity index is 2.89. The van der Waals surface area contributed by atoms with Crippen LogP contribution in [0.4, 0.5) is 0 Å². The topological polar surface area (TPSA) is 113 Å². The standard InChI is InChI=1S/C20H31N3O5/c1-12(2)16(17(27)21-10-13(3)24)22-18(28)19(4,5)11-20(6,7)23-14(25)8-9-15(23)26/h8-9,12,16H,10-11H2,1-7H3,(H,21,27)(H,22,28). The summed E-state index contributed by atoms with van der Waals surface area (Å²) >= 11 is 0. The molecule has 1 rings (SSSR count). The van der Waals surface area contributed by atoms with Crippen LogP contribution in [0.1, 0.15) is 54.9 Å². The summed E-state index contributed by atoms with van der Waals surface area (Å²) in [4.78, 5) is 61.5. The molecule has 1 heterocycles. The minimum atomic E-state index is -0.958. The van der Waals surface area contributed by atoms with Crippen LogP contribution in [0.3, 0.4) is 0 Å². The van der Waals surface area contributed by atoms with Gasteiger partial charge >= 0.3 is 0 Å². The maximum Gasteiger partial charge on any atom is 0.254 e. The van der Waals surface area contributed by atoms with Crippen LogP contribution in [-0.2, 0) is 24.0 Å². The molecule has 1 aliphatic rings. The van der Waals surface area contributed by atoms with Crippen molar-refractivity contribution in [3.05, 3.63) is 12.2 Å². The Morgan fingerprint density at radius 1 is 1.04 bits per heavy atom. The average molecular weight is 393 g/mol. The van der Waals surface area contributed by atoms with Gasteiger partial charge in [-0.3, -0.25) is 28.9 Å². The molecule has 1 atom stereocenters. The Morgan fingerprint density at radius 2 is 1.54 bits per heavy atom. The zero-order valence-corrected chi connectivity index (χ0v) is 17.7. The van der Waals surface area contributed by atoms with Crippen molar-refractivity contribution in [1.82, 2.24) is 15.5 Å². The van der Waals surface area contributed by atoms with Crippen LogP contribution in [0.15, 0.2) is 12.2 Å². The summed E-state index contributed by atoms with van der Waals surface area (Å²) in [6, 6.07) is -0.800. The molecule has 2 N–H and O–H groups in total. The third-order valence-corrected chi connectivity index (χ3v) is 4.65. The van der Waals surface area contributed by atoms with E-state index in [2.05, 4.69) is 10.6 Å². The molecule has 0 aromatic carbocycles. The normalized spacial score (nSPS) is 15.8. The number of carbonyl (C=O) groups is 5. The molecule has 0 spiro atoms. The molecule has 28 heavy (non-hydrogen) atoms. The van der Waals surface area contributed by atoms with E-state index in [1.807, 2.05) is 0 Å².